The number of unbranched alkanes of at least 4 members (excludes halogenated alkanes) is 2. The number of rotatable bonds is 13. The van der Waals surface area contributed by atoms with E-state index in [0.29, 0.717) is 30.3 Å². The summed E-state index contributed by atoms with van der Waals surface area (Å²) in [6.07, 6.45) is 3.60. The van der Waals surface area contributed by atoms with Crippen LogP contribution in [0.5, 0.6) is 0 Å². The number of hydrogen-bond donors (Lipinski definition) is 0. The number of nitrogens with zero attached hydrogens (tertiary/aromatic N) is 1. The van der Waals surface area contributed by atoms with E-state index in [1.165, 1.54) is 0 Å². The maximum atomic E-state index is 11.8. The Morgan fingerprint density at radius 3 is 2.13 bits per heavy atom. The highest BCUT2D eigenvalue weighted by molar-refractivity contribution is 5.78. The number of ketones is 1. The maximum absolute atomic E-state index is 11.8. The molecule has 1 unspecified atom stereocenters. The van der Waals surface area contributed by atoms with Gasteiger partial charge in [0.05, 0.1) is 21.1 Å². The second-order valence-electron chi connectivity index (χ2n) is 7.01. The zero-order chi connectivity index (χ0) is 17.9. The van der Waals surface area contributed by atoms with Crippen molar-refractivity contribution in [3.63, 3.8) is 0 Å². The van der Waals surface area contributed by atoms with E-state index in [2.05, 4.69) is 0 Å². The van der Waals surface area contributed by atoms with Crippen molar-refractivity contribution in [2.45, 2.75) is 64.4 Å². The van der Waals surface area contributed by atoms with Gasteiger partial charge in [-0.25, -0.2) is 0 Å². The number of quaternary nitrogens is 1. The van der Waals surface area contributed by atoms with Crippen LogP contribution in [0, 0.1) is 0 Å². The third-order valence-electron chi connectivity index (χ3n) is 3.31. The lowest BCUT2D eigenvalue weighted by Crippen LogP contribution is -2.45. The van der Waals surface area contributed by atoms with Gasteiger partial charge in [-0.15, -0.1) is 0 Å². The van der Waals surface area contributed by atoms with Crippen molar-refractivity contribution in [1.82, 2.24) is 0 Å². The van der Waals surface area contributed by atoms with Crippen LogP contribution in [0.1, 0.15) is 58.3 Å². The van der Waals surface area contributed by atoms with Crippen molar-refractivity contribution in [2.75, 3.05) is 27.7 Å². The first-order valence-electron chi connectivity index (χ1n) is 8.35. The van der Waals surface area contributed by atoms with Crippen molar-refractivity contribution >= 4 is 17.7 Å². The van der Waals surface area contributed by atoms with Crippen molar-refractivity contribution in [3.05, 3.63) is 0 Å². The second-order valence-corrected chi connectivity index (χ2v) is 7.01. The Hall–Kier alpha value is -1.43. The number of carbonyl (C=O) groups excluding carboxylic acids is 3. The fourth-order valence-corrected chi connectivity index (χ4v) is 2.36. The van der Waals surface area contributed by atoms with E-state index in [0.717, 1.165) is 19.3 Å². The second kappa shape index (κ2) is 11.2. The predicted molar refractivity (Wildman–Crippen MR) is 85.4 cm³/mol. The summed E-state index contributed by atoms with van der Waals surface area (Å²) in [5.74, 6) is -1.33. The van der Waals surface area contributed by atoms with Crippen LogP contribution >= 0.6 is 0 Å². The standard InChI is InChI=1S/C17H31NO5/c1-5-9-14(19)10-7-6-8-11-17(22)23-15(12-16(20)21)13-18(2,3)4/h15H,5-13H2,1-4H3. The van der Waals surface area contributed by atoms with Gasteiger partial charge < -0.3 is 19.1 Å². The summed E-state index contributed by atoms with van der Waals surface area (Å²) in [6, 6.07) is 0. The molecule has 0 amide bonds. The first-order chi connectivity index (χ1) is 10.6. The molecule has 0 saturated carbocycles. The molecule has 134 valence electrons. The summed E-state index contributed by atoms with van der Waals surface area (Å²) in [7, 11) is 5.72. The Labute approximate surface area is 139 Å². The van der Waals surface area contributed by atoms with Crippen LogP contribution in [0.25, 0.3) is 0 Å². The molecule has 0 fully saturated rings. The van der Waals surface area contributed by atoms with Crippen molar-refractivity contribution in [3.8, 4) is 0 Å². The largest absolute Gasteiger partial charge is 0.550 e. The van der Waals surface area contributed by atoms with E-state index in [4.69, 9.17) is 4.74 Å². The number of likely N-dealkylation sites (N-methyl/N-ethyl adjacent to an activating group) is 1. The monoisotopic (exact) mass is 329 g/mol. The Bertz CT molecular complexity index is 387. The number of Topliss-reactive ketones (excluding diaryl/α,β-unsaturated/α-hetero) is 1. The molecule has 0 heterocycles. The van der Waals surface area contributed by atoms with E-state index >= 15 is 0 Å². The topological polar surface area (TPSA) is 83.5 Å². The first kappa shape index (κ1) is 21.6. The molecule has 6 nitrogen and oxygen atoms in total. The molecule has 0 aliphatic carbocycles. The van der Waals surface area contributed by atoms with Gasteiger partial charge in [-0.3, -0.25) is 9.59 Å². The number of carbonyl (C=O) groups is 3. The normalized spacial score (nSPS) is 12.7. The average molecular weight is 329 g/mol. The number of aliphatic carboxylic acids is 1. The van der Waals surface area contributed by atoms with E-state index in [1.807, 2.05) is 28.1 Å². The van der Waals surface area contributed by atoms with Crippen LogP contribution in [0.4, 0.5) is 0 Å². The number of hydrogen-bond acceptors (Lipinski definition) is 5. The molecule has 0 rings (SSSR count). The molecule has 0 bridgehead atoms. The summed E-state index contributed by atoms with van der Waals surface area (Å²) in [5.41, 5.74) is 0. The smallest absolute Gasteiger partial charge is 0.306 e. The van der Waals surface area contributed by atoms with Gasteiger partial charge in [0.1, 0.15) is 12.3 Å². The molecule has 1 atom stereocenters. The molecule has 0 aliphatic heterocycles. The van der Waals surface area contributed by atoms with E-state index in [1.54, 1.807) is 0 Å². The Kier molecular flexibility index (Phi) is 10.5. The highest BCUT2D eigenvalue weighted by atomic mass is 16.5. The first-order valence-corrected chi connectivity index (χ1v) is 8.35. The van der Waals surface area contributed by atoms with Crippen LogP contribution in [0.3, 0.4) is 0 Å². The molecular formula is C17H31NO5. The quantitative estimate of drug-likeness (QED) is 0.287. The molecule has 0 N–H and O–H groups in total. The lowest BCUT2D eigenvalue weighted by atomic mass is 10.1. The maximum Gasteiger partial charge on any atom is 0.306 e. The van der Waals surface area contributed by atoms with Gasteiger partial charge in [-0.1, -0.05) is 13.3 Å². The number of esters is 1. The summed E-state index contributed by atoms with van der Waals surface area (Å²) in [6.45, 7) is 2.40. The average Bonchev–Trinajstić information content (AvgIpc) is 2.35. The minimum atomic E-state index is -1.22. The van der Waals surface area contributed by atoms with Crippen molar-refractivity contribution in [1.29, 1.82) is 0 Å². The fourth-order valence-electron chi connectivity index (χ4n) is 2.36. The van der Waals surface area contributed by atoms with Crippen molar-refractivity contribution < 1.29 is 28.7 Å². The molecule has 0 radical (unpaired) electrons. The van der Waals surface area contributed by atoms with Crippen molar-refractivity contribution in [2.24, 2.45) is 0 Å². The molecule has 23 heavy (non-hydrogen) atoms. The molecular weight excluding hydrogens is 298 g/mol. The highest BCUT2D eigenvalue weighted by Crippen LogP contribution is 2.10. The molecule has 6 heteroatoms. The van der Waals surface area contributed by atoms with Gasteiger partial charge in [0.15, 0.2) is 6.10 Å². The lowest BCUT2D eigenvalue weighted by molar-refractivity contribution is -0.873. The predicted octanol–water partition coefficient (Wildman–Crippen LogP) is 1.06. The van der Waals surface area contributed by atoms with Crippen LogP contribution < -0.4 is 5.11 Å². The molecule has 0 aliphatic rings. The number of carboxylic acids is 1. The van der Waals surface area contributed by atoms with E-state index in [-0.39, 0.29) is 24.6 Å². The minimum Gasteiger partial charge on any atom is -0.550 e. The molecule has 0 aromatic heterocycles. The molecule has 0 spiro atoms. The third kappa shape index (κ3) is 13.9. The van der Waals surface area contributed by atoms with Crippen LogP contribution in [0.15, 0.2) is 0 Å². The lowest BCUT2D eigenvalue weighted by Gasteiger charge is -2.29. The molecule has 0 aromatic rings. The van der Waals surface area contributed by atoms with Gasteiger partial charge in [-0.05, 0) is 19.3 Å². The van der Waals surface area contributed by atoms with Gasteiger partial charge >= 0.3 is 5.97 Å². The van der Waals surface area contributed by atoms with Gasteiger partial charge in [0, 0.05) is 31.7 Å². The SMILES string of the molecule is CCCC(=O)CCCCCC(=O)OC(CC(=O)[O-])C[N+](C)(C)C. The van der Waals surface area contributed by atoms with Gasteiger partial charge in [-0.2, -0.15) is 0 Å². The van der Waals surface area contributed by atoms with E-state index < -0.39 is 12.1 Å². The summed E-state index contributed by atoms with van der Waals surface area (Å²) < 4.78 is 5.77. The fraction of sp³-hybridized carbons (Fsp3) is 0.824. The number of carboxylic acid groups (broad SMARTS) is 1. The molecule has 0 aromatic carbocycles. The van der Waals surface area contributed by atoms with Crippen LogP contribution in [0.2, 0.25) is 0 Å². The van der Waals surface area contributed by atoms with Gasteiger partial charge in [0.2, 0.25) is 0 Å². The van der Waals surface area contributed by atoms with Gasteiger partial charge in [0.25, 0.3) is 0 Å². The Balaban J connectivity index is 4.03. The zero-order valence-corrected chi connectivity index (χ0v) is 14.9. The number of ether oxygens (including phenoxy) is 1. The van der Waals surface area contributed by atoms with Crippen LogP contribution in [-0.2, 0) is 19.1 Å². The minimum absolute atomic E-state index is 0.253. The van der Waals surface area contributed by atoms with E-state index in [9.17, 15) is 19.5 Å². The molecule has 0 saturated heterocycles. The van der Waals surface area contributed by atoms with Crippen LogP contribution in [-0.4, -0.2) is 56.0 Å². The zero-order valence-electron chi connectivity index (χ0n) is 14.9. The summed E-state index contributed by atoms with van der Waals surface area (Å²) in [4.78, 5) is 33.9. The summed E-state index contributed by atoms with van der Waals surface area (Å²) in [5, 5.41) is 10.8. The third-order valence-corrected chi connectivity index (χ3v) is 3.31. The Morgan fingerprint density at radius 1 is 1.00 bits per heavy atom. The Morgan fingerprint density at radius 2 is 1.61 bits per heavy atom. The highest BCUT2D eigenvalue weighted by Gasteiger charge is 2.22. The summed E-state index contributed by atoms with van der Waals surface area (Å²) >= 11 is 0.